The molecule has 1 atom stereocenters. The van der Waals surface area contributed by atoms with E-state index in [1.165, 1.54) is 27.8 Å². The summed E-state index contributed by atoms with van der Waals surface area (Å²) in [5.41, 5.74) is -1.84. The Bertz CT molecular complexity index is 1130. The van der Waals surface area contributed by atoms with Gasteiger partial charge in [0.05, 0.1) is 17.3 Å². The molecule has 158 valence electrons. The van der Waals surface area contributed by atoms with Crippen LogP contribution in [-0.2, 0) is 6.54 Å². The van der Waals surface area contributed by atoms with E-state index in [1.807, 2.05) is 0 Å². The number of benzene rings is 1. The lowest BCUT2D eigenvalue weighted by atomic mass is 10.1. The van der Waals surface area contributed by atoms with Crippen LogP contribution in [0.3, 0.4) is 0 Å². The Morgan fingerprint density at radius 3 is 2.80 bits per heavy atom. The highest BCUT2D eigenvalue weighted by atomic mass is 35.5. The van der Waals surface area contributed by atoms with Crippen LogP contribution in [0.1, 0.15) is 45.1 Å². The van der Waals surface area contributed by atoms with E-state index in [-0.39, 0.29) is 41.7 Å². The predicted molar refractivity (Wildman–Crippen MR) is 105 cm³/mol. The third kappa shape index (κ3) is 2.91. The van der Waals surface area contributed by atoms with E-state index < -0.39 is 40.5 Å². The maximum atomic E-state index is 14.1. The molecule has 3 N–H and O–H groups in total. The maximum Gasteiger partial charge on any atom is 0.277 e. The van der Waals surface area contributed by atoms with E-state index in [0.29, 0.717) is 6.54 Å². The van der Waals surface area contributed by atoms with E-state index >= 15 is 0 Å². The van der Waals surface area contributed by atoms with Crippen molar-refractivity contribution < 1.29 is 24.2 Å². The molecular weight excluding hydrogens is 419 g/mol. The van der Waals surface area contributed by atoms with Gasteiger partial charge in [0.25, 0.3) is 11.8 Å². The van der Waals surface area contributed by atoms with Crippen molar-refractivity contribution in [1.29, 1.82) is 0 Å². The zero-order chi connectivity index (χ0) is 21.7. The highest BCUT2D eigenvalue weighted by Crippen LogP contribution is 2.33. The number of carbonyl (C=O) groups is 2. The highest BCUT2D eigenvalue weighted by molar-refractivity contribution is 6.30. The van der Waals surface area contributed by atoms with Crippen molar-refractivity contribution >= 4 is 23.4 Å². The average molecular weight is 437 g/mol. The topological polar surface area (TPSA) is 115 Å². The fourth-order valence-corrected chi connectivity index (χ4v) is 3.97. The average Bonchev–Trinajstić information content (AvgIpc) is 3.03. The van der Waals surface area contributed by atoms with Gasteiger partial charge in [-0.05, 0) is 13.0 Å². The molecule has 0 fully saturated rings. The van der Waals surface area contributed by atoms with Gasteiger partial charge in [0.2, 0.25) is 5.43 Å². The second-order valence-electron chi connectivity index (χ2n) is 7.00. The smallest absolute Gasteiger partial charge is 0.277 e. The van der Waals surface area contributed by atoms with Crippen molar-refractivity contribution in [2.24, 2.45) is 0 Å². The van der Waals surface area contributed by atoms with E-state index in [4.69, 9.17) is 11.6 Å². The van der Waals surface area contributed by atoms with Crippen LogP contribution in [0.2, 0.25) is 5.02 Å². The van der Waals surface area contributed by atoms with Gasteiger partial charge in [-0.25, -0.2) is 9.07 Å². The summed E-state index contributed by atoms with van der Waals surface area (Å²) in [6, 6.07) is 4.29. The van der Waals surface area contributed by atoms with Crippen molar-refractivity contribution in [1.82, 2.24) is 14.9 Å². The SMILES string of the molecule is CCN1CN2CC(O)c3c(C(=O)NCc4cccc(Cl)c4F)c(=O)c(O)c(n32)C1=O. The van der Waals surface area contributed by atoms with Crippen LogP contribution in [0.4, 0.5) is 4.39 Å². The molecule has 0 saturated heterocycles. The quantitative estimate of drug-likeness (QED) is 0.649. The molecule has 1 aromatic carbocycles. The molecule has 11 heteroatoms. The number of rotatable bonds is 4. The lowest BCUT2D eigenvalue weighted by molar-refractivity contribution is 0.0700. The Balaban J connectivity index is 1.76. The van der Waals surface area contributed by atoms with E-state index in [2.05, 4.69) is 5.32 Å². The second kappa shape index (κ2) is 7.29. The molecule has 2 aliphatic heterocycles. The monoisotopic (exact) mass is 436 g/mol. The second-order valence-corrected chi connectivity index (χ2v) is 7.41. The van der Waals surface area contributed by atoms with Gasteiger partial charge < -0.3 is 20.4 Å². The third-order valence-corrected chi connectivity index (χ3v) is 5.54. The largest absolute Gasteiger partial charge is 0.502 e. The Morgan fingerprint density at radius 2 is 2.10 bits per heavy atom. The molecule has 9 nitrogen and oxygen atoms in total. The molecule has 0 radical (unpaired) electrons. The summed E-state index contributed by atoms with van der Waals surface area (Å²) in [6.07, 6.45) is -1.23. The first kappa shape index (κ1) is 20.2. The Morgan fingerprint density at radius 1 is 1.37 bits per heavy atom. The van der Waals surface area contributed by atoms with Crippen LogP contribution >= 0.6 is 11.6 Å². The third-order valence-electron chi connectivity index (χ3n) is 5.25. The van der Waals surface area contributed by atoms with Gasteiger partial charge in [0.15, 0.2) is 11.4 Å². The summed E-state index contributed by atoms with van der Waals surface area (Å²) in [7, 11) is 0. The van der Waals surface area contributed by atoms with Gasteiger partial charge in [-0.2, -0.15) is 0 Å². The number of hydrogen-bond donors (Lipinski definition) is 3. The van der Waals surface area contributed by atoms with Crippen molar-refractivity contribution in [3.05, 3.63) is 61.8 Å². The molecule has 0 saturated carbocycles. The summed E-state index contributed by atoms with van der Waals surface area (Å²) in [5.74, 6) is -3.07. The van der Waals surface area contributed by atoms with E-state index in [0.717, 1.165) is 0 Å². The van der Waals surface area contributed by atoms with E-state index in [9.17, 15) is 29.0 Å². The van der Waals surface area contributed by atoms with Crippen molar-refractivity contribution in [2.45, 2.75) is 19.6 Å². The van der Waals surface area contributed by atoms with Gasteiger partial charge in [-0.15, -0.1) is 0 Å². The molecule has 4 rings (SSSR count). The number of aromatic nitrogens is 1. The first-order chi connectivity index (χ1) is 14.3. The number of aromatic hydroxyl groups is 1. The molecule has 1 unspecified atom stereocenters. The van der Waals surface area contributed by atoms with Gasteiger partial charge in [0, 0.05) is 18.7 Å². The number of aliphatic hydroxyl groups is 1. The Kier molecular flexibility index (Phi) is 4.91. The molecule has 2 aliphatic rings. The summed E-state index contributed by atoms with van der Waals surface area (Å²) in [6.45, 7) is 1.97. The van der Waals surface area contributed by atoms with Gasteiger partial charge in [-0.1, -0.05) is 23.7 Å². The summed E-state index contributed by atoms with van der Waals surface area (Å²) in [4.78, 5) is 39.6. The van der Waals surface area contributed by atoms with Crippen molar-refractivity contribution in [2.75, 3.05) is 24.8 Å². The van der Waals surface area contributed by atoms with Gasteiger partial charge in [0.1, 0.15) is 24.2 Å². The molecule has 2 amide bonds. The predicted octanol–water partition coefficient (Wildman–Crippen LogP) is 0.695. The number of carbonyl (C=O) groups excluding carboxylic acids is 2. The van der Waals surface area contributed by atoms with Crippen LogP contribution in [0.25, 0.3) is 0 Å². The minimum absolute atomic E-state index is 0.0306. The number of hydrogen-bond acceptors (Lipinski definition) is 6. The van der Waals surface area contributed by atoms with E-state index in [1.54, 1.807) is 11.9 Å². The molecular formula is C19H18ClFN4O5. The normalized spacial score (nSPS) is 17.3. The number of nitrogens with zero attached hydrogens (tertiary/aromatic N) is 3. The van der Waals surface area contributed by atoms with Crippen molar-refractivity contribution in [3.63, 3.8) is 0 Å². The van der Waals surface area contributed by atoms with Crippen LogP contribution in [0.15, 0.2) is 23.0 Å². The molecule has 3 heterocycles. The molecule has 0 bridgehead atoms. The standard InChI is InChI=1S/C19H18ClFN4O5/c1-2-23-8-24-7-11(26)14-12(16(27)17(28)15(19(23)30)25(14)24)18(29)22-6-9-4-3-5-10(20)13(9)21/h3-5,11,26,28H,2,6-8H2,1H3,(H,22,29). The van der Waals surface area contributed by atoms with Crippen LogP contribution < -0.4 is 15.8 Å². The van der Waals surface area contributed by atoms with Crippen LogP contribution in [-0.4, -0.2) is 51.4 Å². The maximum absolute atomic E-state index is 14.1. The fourth-order valence-electron chi connectivity index (χ4n) is 3.77. The summed E-state index contributed by atoms with van der Waals surface area (Å²) >= 11 is 5.73. The van der Waals surface area contributed by atoms with Crippen LogP contribution in [0.5, 0.6) is 5.75 Å². The highest BCUT2D eigenvalue weighted by Gasteiger charge is 2.43. The molecule has 30 heavy (non-hydrogen) atoms. The summed E-state index contributed by atoms with van der Waals surface area (Å²) < 4.78 is 15.3. The van der Waals surface area contributed by atoms with Crippen LogP contribution in [0, 0.1) is 5.82 Å². The molecule has 2 aromatic rings. The zero-order valence-electron chi connectivity index (χ0n) is 15.9. The first-order valence-electron chi connectivity index (χ1n) is 9.21. The Labute approximate surface area is 174 Å². The first-order valence-corrected chi connectivity index (χ1v) is 9.59. The zero-order valence-corrected chi connectivity index (χ0v) is 16.6. The number of halogens is 2. The van der Waals surface area contributed by atoms with Gasteiger partial charge in [-0.3, -0.25) is 19.4 Å². The minimum Gasteiger partial charge on any atom is -0.502 e. The Hall–Kier alpha value is -3.11. The molecule has 0 aliphatic carbocycles. The lowest BCUT2D eigenvalue weighted by Crippen LogP contribution is -2.52. The number of amides is 2. The van der Waals surface area contributed by atoms with Crippen molar-refractivity contribution in [3.8, 4) is 5.75 Å². The number of nitrogens with one attached hydrogen (secondary N) is 1. The summed E-state index contributed by atoms with van der Waals surface area (Å²) in [5, 5.41) is 24.8. The number of pyridine rings is 1. The molecule has 1 aromatic heterocycles. The fraction of sp³-hybridized carbons (Fsp3) is 0.316. The lowest BCUT2D eigenvalue weighted by Gasteiger charge is -2.36. The van der Waals surface area contributed by atoms with Gasteiger partial charge >= 0.3 is 0 Å². The number of aliphatic hydroxyl groups excluding tert-OH is 1. The molecule has 0 spiro atoms. The minimum atomic E-state index is -1.23.